The second-order valence-electron chi connectivity index (χ2n) is 8.49. The van der Waals surface area contributed by atoms with Gasteiger partial charge in [0.25, 0.3) is 0 Å². The molecule has 184 valence electrons. The van der Waals surface area contributed by atoms with Crippen LogP contribution < -0.4 is 5.73 Å². The number of halogens is 3. The molecule has 6 heteroatoms. The van der Waals surface area contributed by atoms with Gasteiger partial charge in [-0.05, 0) is 42.8 Å². The Hall–Kier alpha value is -1.98. The zero-order valence-electron chi connectivity index (χ0n) is 21.0. The first-order chi connectivity index (χ1) is 15.8. The Balaban J connectivity index is 0.000000420. The first kappa shape index (κ1) is 29.1. The largest absolute Gasteiger partial charge is 0.398 e. The predicted molar refractivity (Wildman–Crippen MR) is 137 cm³/mol. The van der Waals surface area contributed by atoms with E-state index >= 15 is 0 Å². The van der Waals surface area contributed by atoms with Gasteiger partial charge in [-0.2, -0.15) is 0 Å². The molecule has 1 aliphatic rings. The van der Waals surface area contributed by atoms with Crippen LogP contribution in [0.4, 0.5) is 8.78 Å². The fourth-order valence-electron chi connectivity index (χ4n) is 3.75. The summed E-state index contributed by atoms with van der Waals surface area (Å²) in [7, 11) is 1.79. The molecule has 0 fully saturated rings. The Morgan fingerprint density at radius 1 is 1.15 bits per heavy atom. The molecule has 0 amide bonds. The number of fused-ring (bicyclic) bond motifs is 1. The molecule has 1 aromatic carbocycles. The normalized spacial score (nSPS) is 15.5. The van der Waals surface area contributed by atoms with Crippen LogP contribution in [0.1, 0.15) is 89.5 Å². The summed E-state index contributed by atoms with van der Waals surface area (Å²) in [5.41, 5.74) is 7.94. The number of hydrogen-bond acceptors (Lipinski definition) is 3. The minimum Gasteiger partial charge on any atom is -0.398 e. The number of rotatable bonds is 6. The molecule has 1 atom stereocenters. The number of pyridine rings is 1. The highest BCUT2D eigenvalue weighted by Crippen LogP contribution is 2.37. The van der Waals surface area contributed by atoms with Gasteiger partial charge in [0.1, 0.15) is 11.6 Å². The number of benzene rings is 1. The molecule has 2 N–H and O–H groups in total. The Labute approximate surface area is 204 Å². The summed E-state index contributed by atoms with van der Waals surface area (Å²) in [6, 6.07) is 3.37. The molecule has 3 nitrogen and oxygen atoms in total. The van der Waals surface area contributed by atoms with Crippen molar-refractivity contribution in [3.8, 4) is 0 Å². The molecule has 1 unspecified atom stereocenters. The molecule has 33 heavy (non-hydrogen) atoms. The summed E-state index contributed by atoms with van der Waals surface area (Å²) in [6.45, 7) is 11.3. The average Bonchev–Trinajstić information content (AvgIpc) is 2.90. The maximum atomic E-state index is 14.4. The first-order valence-electron chi connectivity index (χ1n) is 12.0. The maximum absolute atomic E-state index is 14.4. The lowest BCUT2D eigenvalue weighted by molar-refractivity contribution is 0.296. The van der Waals surface area contributed by atoms with E-state index < -0.39 is 17.7 Å². The minimum atomic E-state index is -0.676. The smallest absolute Gasteiger partial charge is 0.132 e. The summed E-state index contributed by atoms with van der Waals surface area (Å²) in [4.78, 5) is 5.88. The highest BCUT2D eigenvalue weighted by molar-refractivity contribution is 6.30. The van der Waals surface area contributed by atoms with Crippen molar-refractivity contribution in [2.75, 3.05) is 13.6 Å². The third-order valence-corrected chi connectivity index (χ3v) is 5.67. The van der Waals surface area contributed by atoms with Crippen LogP contribution >= 0.6 is 11.6 Å². The van der Waals surface area contributed by atoms with Gasteiger partial charge in [-0.3, -0.25) is 9.88 Å². The van der Waals surface area contributed by atoms with E-state index in [1.54, 1.807) is 25.5 Å². The number of aromatic nitrogens is 1. The minimum absolute atomic E-state index is 0.0302. The molecule has 0 radical (unpaired) electrons. The number of hydrogen-bond donors (Lipinski definition) is 1. The van der Waals surface area contributed by atoms with Gasteiger partial charge in [-0.25, -0.2) is 8.78 Å². The number of likely N-dealkylation sites (N-methyl/N-ethyl adjacent to an activating group) is 1. The van der Waals surface area contributed by atoms with Crippen molar-refractivity contribution in [1.29, 1.82) is 0 Å². The van der Waals surface area contributed by atoms with Gasteiger partial charge in [-0.1, -0.05) is 78.3 Å². The predicted octanol–water partition coefficient (Wildman–Crippen LogP) is 7.99. The second-order valence-corrected chi connectivity index (χ2v) is 8.93. The lowest BCUT2D eigenvalue weighted by Crippen LogP contribution is -2.27. The Morgan fingerprint density at radius 3 is 2.36 bits per heavy atom. The lowest BCUT2D eigenvalue weighted by Gasteiger charge is -2.28. The summed E-state index contributed by atoms with van der Waals surface area (Å²) >= 11 is 5.72. The molecule has 0 saturated heterocycles. The third-order valence-electron chi connectivity index (χ3n) is 5.45. The number of nitrogens with zero attached hydrogens (tertiary/aromatic N) is 2. The van der Waals surface area contributed by atoms with Crippen molar-refractivity contribution in [3.63, 3.8) is 0 Å². The topological polar surface area (TPSA) is 42.1 Å². The van der Waals surface area contributed by atoms with Gasteiger partial charge < -0.3 is 5.73 Å². The maximum Gasteiger partial charge on any atom is 0.132 e. The monoisotopic (exact) mass is 479 g/mol. The summed E-state index contributed by atoms with van der Waals surface area (Å²) in [5.74, 6) is -0.447. The van der Waals surface area contributed by atoms with E-state index in [1.807, 2.05) is 24.8 Å². The Morgan fingerprint density at radius 2 is 1.79 bits per heavy atom. The van der Waals surface area contributed by atoms with Crippen molar-refractivity contribution < 1.29 is 8.78 Å². The van der Waals surface area contributed by atoms with Crippen LogP contribution in [-0.2, 0) is 0 Å². The van der Waals surface area contributed by atoms with Crippen molar-refractivity contribution in [2.24, 2.45) is 11.7 Å². The van der Waals surface area contributed by atoms with Gasteiger partial charge >= 0.3 is 0 Å². The van der Waals surface area contributed by atoms with Crippen molar-refractivity contribution >= 4 is 17.3 Å². The molecule has 2 aromatic rings. The first-order valence-corrected chi connectivity index (χ1v) is 12.4. The van der Waals surface area contributed by atoms with Crippen LogP contribution in [-0.4, -0.2) is 23.5 Å². The molecule has 3 rings (SSSR count). The van der Waals surface area contributed by atoms with Crippen LogP contribution in [0, 0.1) is 17.6 Å². The second kappa shape index (κ2) is 15.0. The summed E-state index contributed by atoms with van der Waals surface area (Å²) in [6.07, 6.45) is 12.1. The standard InChI is InChI=1S/C16H14ClF2N3.C9H20.C2H6/c1-22-5-3-14(20)11-8-21-4-2-10(11)16(22)15-12(18)6-9(17)7-13(15)19;1-4-5-6-7-8-9(2)3;1-2/h2-4,6-8,16H,5,20H2,1H3;9H,4-8H2,1-3H3;1-2H3. The van der Waals surface area contributed by atoms with Gasteiger partial charge in [0.2, 0.25) is 0 Å². The van der Waals surface area contributed by atoms with Gasteiger partial charge in [0, 0.05) is 40.8 Å². The van der Waals surface area contributed by atoms with Gasteiger partial charge in [0.15, 0.2) is 0 Å². The van der Waals surface area contributed by atoms with E-state index in [0.717, 1.165) is 18.1 Å². The highest BCUT2D eigenvalue weighted by Gasteiger charge is 2.30. The molecule has 1 aliphatic heterocycles. The summed E-state index contributed by atoms with van der Waals surface area (Å²) < 4.78 is 28.8. The Kier molecular flexibility index (Phi) is 13.2. The fourth-order valence-corrected chi connectivity index (χ4v) is 3.94. The number of unbranched alkanes of at least 4 members (excludes halogenated alkanes) is 3. The van der Waals surface area contributed by atoms with E-state index in [9.17, 15) is 8.78 Å². The SMILES string of the molecule is CC.CCCCCCC(C)C.CN1CC=C(N)c2cnccc2C1c1c(F)cc(Cl)cc1F. The molecular formula is C27H40ClF2N3. The number of nitrogens with two attached hydrogens (primary N) is 1. The molecule has 0 bridgehead atoms. The van der Waals surface area contributed by atoms with Gasteiger partial charge in [-0.15, -0.1) is 0 Å². The van der Waals surface area contributed by atoms with E-state index in [-0.39, 0.29) is 10.6 Å². The zero-order valence-corrected chi connectivity index (χ0v) is 21.7. The average molecular weight is 480 g/mol. The zero-order chi connectivity index (χ0) is 25.0. The highest BCUT2D eigenvalue weighted by atomic mass is 35.5. The van der Waals surface area contributed by atoms with Crippen LogP contribution in [0.25, 0.3) is 5.70 Å². The lowest BCUT2D eigenvalue weighted by atomic mass is 9.94. The van der Waals surface area contributed by atoms with Crippen molar-refractivity contribution in [1.82, 2.24) is 9.88 Å². The fraction of sp³-hybridized carbons (Fsp3) is 0.519. The third kappa shape index (κ3) is 8.71. The molecular weight excluding hydrogens is 440 g/mol. The van der Waals surface area contributed by atoms with Crippen molar-refractivity contribution in [2.45, 2.75) is 72.8 Å². The van der Waals surface area contributed by atoms with Crippen LogP contribution in [0.3, 0.4) is 0 Å². The molecule has 0 saturated carbocycles. The molecule has 0 aliphatic carbocycles. The molecule has 2 heterocycles. The Bertz CT molecular complexity index is 860. The van der Waals surface area contributed by atoms with E-state index in [1.165, 1.54) is 32.1 Å². The van der Waals surface area contributed by atoms with Crippen LogP contribution in [0.5, 0.6) is 0 Å². The van der Waals surface area contributed by atoms with Crippen LogP contribution in [0.15, 0.2) is 36.7 Å². The quantitative estimate of drug-likeness (QED) is 0.427. The molecule has 1 aromatic heterocycles. The van der Waals surface area contributed by atoms with E-state index in [0.29, 0.717) is 23.4 Å². The molecule has 0 spiro atoms. The van der Waals surface area contributed by atoms with Crippen LogP contribution in [0.2, 0.25) is 5.02 Å². The van der Waals surface area contributed by atoms with Crippen molar-refractivity contribution in [3.05, 3.63) is 70.0 Å². The summed E-state index contributed by atoms with van der Waals surface area (Å²) in [5, 5.41) is 0.0302. The van der Waals surface area contributed by atoms with E-state index in [4.69, 9.17) is 17.3 Å². The van der Waals surface area contributed by atoms with E-state index in [2.05, 4.69) is 25.8 Å². The van der Waals surface area contributed by atoms with Gasteiger partial charge in [0.05, 0.1) is 6.04 Å².